The van der Waals surface area contributed by atoms with Crippen molar-refractivity contribution in [1.29, 1.82) is 0 Å². The number of nitrogens with zero attached hydrogens (tertiary/aromatic N) is 4. The topological polar surface area (TPSA) is 71.1 Å². The fourth-order valence-electron chi connectivity index (χ4n) is 3.62. The number of imidazole rings is 1. The van der Waals surface area contributed by atoms with E-state index in [2.05, 4.69) is 19.6 Å². The number of hydrogen-bond acceptors (Lipinski definition) is 4. The van der Waals surface area contributed by atoms with Gasteiger partial charge in [-0.3, -0.25) is 18.5 Å². The van der Waals surface area contributed by atoms with E-state index in [0.717, 1.165) is 10.6 Å². The molecule has 0 saturated heterocycles. The number of hydrogen-bond donors (Lipinski definition) is 0. The van der Waals surface area contributed by atoms with Crippen LogP contribution in [0.3, 0.4) is 0 Å². The van der Waals surface area contributed by atoms with Crippen molar-refractivity contribution < 1.29 is 4.74 Å². The molecule has 4 rings (SSSR count). The Bertz CT molecular complexity index is 1470. The van der Waals surface area contributed by atoms with Crippen LogP contribution in [0, 0.1) is 0 Å². The van der Waals surface area contributed by atoms with Crippen molar-refractivity contribution in [2.75, 3.05) is 6.61 Å². The van der Waals surface area contributed by atoms with Gasteiger partial charge in [0.25, 0.3) is 5.56 Å². The van der Waals surface area contributed by atoms with Crippen molar-refractivity contribution in [3.8, 4) is 17.1 Å². The Morgan fingerprint density at radius 3 is 2.32 bits per heavy atom. The Morgan fingerprint density at radius 2 is 1.68 bits per heavy atom. The van der Waals surface area contributed by atoms with Crippen molar-refractivity contribution in [3.63, 3.8) is 0 Å². The Labute approximate surface area is 208 Å². The molecule has 0 aliphatic carbocycles. The smallest absolute Gasteiger partial charge is 0.334 e. The predicted molar refractivity (Wildman–Crippen MR) is 140 cm³/mol. The normalized spacial score (nSPS) is 11.9. The van der Waals surface area contributed by atoms with Crippen LogP contribution in [0.25, 0.3) is 28.2 Å². The van der Waals surface area contributed by atoms with Crippen LogP contribution in [0.1, 0.15) is 0 Å². The molecule has 0 bridgehead atoms. The highest BCUT2D eigenvalue weighted by molar-refractivity contribution is 6.76. The maximum atomic E-state index is 13.3. The van der Waals surface area contributed by atoms with E-state index in [1.807, 2.05) is 18.2 Å². The van der Waals surface area contributed by atoms with Gasteiger partial charge in [-0.15, -0.1) is 0 Å². The first-order valence-electron chi connectivity index (χ1n) is 10.9. The largest absolute Gasteiger partial charge is 0.361 e. The number of aromatic nitrogens is 4. The Hall–Kier alpha value is -2.65. The first kappa shape index (κ1) is 24.5. The monoisotopic (exact) mass is 516 g/mol. The van der Waals surface area contributed by atoms with E-state index in [1.165, 1.54) is 11.6 Å². The summed E-state index contributed by atoms with van der Waals surface area (Å²) >= 11 is 12.6. The van der Waals surface area contributed by atoms with Gasteiger partial charge in [0.05, 0.1) is 5.02 Å². The molecule has 2 aromatic heterocycles. The lowest BCUT2D eigenvalue weighted by atomic mass is 10.2. The van der Waals surface area contributed by atoms with Gasteiger partial charge in [0.1, 0.15) is 12.6 Å². The molecule has 0 aliphatic heterocycles. The van der Waals surface area contributed by atoms with Gasteiger partial charge in [-0.05, 0) is 42.4 Å². The Morgan fingerprint density at radius 1 is 1.00 bits per heavy atom. The lowest BCUT2D eigenvalue weighted by Crippen LogP contribution is -2.39. The average molecular weight is 517 g/mol. The summed E-state index contributed by atoms with van der Waals surface area (Å²) in [6, 6.07) is 15.3. The molecule has 0 amide bonds. The molecule has 178 valence electrons. The molecular weight excluding hydrogens is 491 g/mol. The van der Waals surface area contributed by atoms with Crippen molar-refractivity contribution >= 4 is 42.4 Å². The van der Waals surface area contributed by atoms with E-state index in [0.29, 0.717) is 33.7 Å². The minimum atomic E-state index is -1.30. The predicted octanol–water partition coefficient (Wildman–Crippen LogP) is 5.17. The maximum Gasteiger partial charge on any atom is 0.334 e. The molecule has 0 unspecified atom stereocenters. The highest BCUT2D eigenvalue weighted by Gasteiger charge is 2.23. The van der Waals surface area contributed by atoms with E-state index in [-0.39, 0.29) is 17.9 Å². The summed E-state index contributed by atoms with van der Waals surface area (Å²) in [4.78, 5) is 31.2. The summed E-state index contributed by atoms with van der Waals surface area (Å²) < 4.78 is 10.1. The number of rotatable bonds is 7. The molecule has 0 radical (unpaired) electrons. The summed E-state index contributed by atoms with van der Waals surface area (Å²) in [5.74, 6) is 0.446. The number of ether oxygens (including phenoxy) is 1. The molecular formula is C24H26Cl2N4O3Si. The summed E-state index contributed by atoms with van der Waals surface area (Å²) in [6.07, 6.45) is 0. The molecule has 4 aromatic rings. The quantitative estimate of drug-likeness (QED) is 0.251. The van der Waals surface area contributed by atoms with Crippen LogP contribution >= 0.6 is 23.2 Å². The summed E-state index contributed by atoms with van der Waals surface area (Å²) in [6.45, 7) is 7.30. The van der Waals surface area contributed by atoms with Crippen LogP contribution < -0.4 is 11.2 Å². The molecule has 34 heavy (non-hydrogen) atoms. The molecule has 0 atom stereocenters. The number of halogens is 2. The van der Waals surface area contributed by atoms with Crippen LogP contribution in [0.5, 0.6) is 0 Å². The van der Waals surface area contributed by atoms with Crippen molar-refractivity contribution in [1.82, 2.24) is 18.7 Å². The third-order valence-corrected chi connectivity index (χ3v) is 7.84. The van der Waals surface area contributed by atoms with Gasteiger partial charge in [-0.2, -0.15) is 0 Å². The minimum Gasteiger partial charge on any atom is -0.361 e. The summed E-state index contributed by atoms with van der Waals surface area (Å²) in [5, 5.41) is 1.04. The molecule has 2 aromatic carbocycles. The molecule has 0 fully saturated rings. The van der Waals surface area contributed by atoms with E-state index in [1.54, 1.807) is 34.9 Å². The lowest BCUT2D eigenvalue weighted by molar-refractivity contribution is 0.0857. The second kappa shape index (κ2) is 9.54. The van der Waals surface area contributed by atoms with E-state index < -0.39 is 19.3 Å². The van der Waals surface area contributed by atoms with Crippen LogP contribution in [-0.4, -0.2) is 33.4 Å². The first-order valence-corrected chi connectivity index (χ1v) is 15.4. The molecule has 2 heterocycles. The van der Waals surface area contributed by atoms with Gasteiger partial charge in [-0.25, -0.2) is 9.78 Å². The lowest BCUT2D eigenvalue weighted by Gasteiger charge is -2.16. The maximum absolute atomic E-state index is 13.3. The third-order valence-electron chi connectivity index (χ3n) is 5.56. The average Bonchev–Trinajstić information content (AvgIpc) is 3.17. The minimum absolute atomic E-state index is 0.00642. The highest BCUT2D eigenvalue weighted by Crippen LogP contribution is 2.31. The van der Waals surface area contributed by atoms with Gasteiger partial charge >= 0.3 is 5.69 Å². The van der Waals surface area contributed by atoms with Crippen LogP contribution in [-0.2, 0) is 18.5 Å². The highest BCUT2D eigenvalue weighted by atomic mass is 35.5. The second-order valence-corrected chi connectivity index (χ2v) is 15.8. The fourth-order valence-corrected chi connectivity index (χ4v) is 4.72. The molecule has 7 nitrogen and oxygen atoms in total. The zero-order chi connectivity index (χ0) is 24.6. The van der Waals surface area contributed by atoms with Gasteiger partial charge in [0, 0.05) is 38.0 Å². The zero-order valence-corrected chi connectivity index (χ0v) is 22.0. The van der Waals surface area contributed by atoms with Crippen molar-refractivity contribution in [3.05, 3.63) is 79.4 Å². The van der Waals surface area contributed by atoms with Crippen molar-refractivity contribution in [2.45, 2.75) is 32.4 Å². The number of benzene rings is 2. The van der Waals surface area contributed by atoms with Crippen LogP contribution in [0.4, 0.5) is 0 Å². The Balaban J connectivity index is 1.98. The molecule has 10 heteroatoms. The van der Waals surface area contributed by atoms with Crippen LogP contribution in [0.15, 0.2) is 58.1 Å². The molecule has 0 N–H and O–H groups in total. The number of fused-ring (bicyclic) bond motifs is 1. The Kier molecular flexibility index (Phi) is 6.86. The van der Waals surface area contributed by atoms with Gasteiger partial charge in [0.15, 0.2) is 11.2 Å². The van der Waals surface area contributed by atoms with Gasteiger partial charge in [-0.1, -0.05) is 55.0 Å². The zero-order valence-electron chi connectivity index (χ0n) is 19.5. The van der Waals surface area contributed by atoms with Gasteiger partial charge in [0.2, 0.25) is 0 Å². The first-order chi connectivity index (χ1) is 16.1. The van der Waals surface area contributed by atoms with Gasteiger partial charge < -0.3 is 4.74 Å². The molecule has 0 spiro atoms. The molecule has 0 saturated carbocycles. The third kappa shape index (κ3) is 4.77. The fraction of sp³-hybridized carbons (Fsp3) is 0.292. The van der Waals surface area contributed by atoms with E-state index in [4.69, 9.17) is 32.9 Å². The second-order valence-electron chi connectivity index (χ2n) is 9.32. The SMILES string of the molecule is Cn1c(=O)c2c(nc(-c3ccccc3Cl)n2-c2ccc(Cl)cc2)n(COCC[Si](C)(C)C)c1=O. The van der Waals surface area contributed by atoms with Crippen LogP contribution in [0.2, 0.25) is 35.7 Å². The molecule has 0 aliphatic rings. The van der Waals surface area contributed by atoms with Crippen molar-refractivity contribution in [2.24, 2.45) is 7.05 Å². The standard InChI is InChI=1S/C24H26Cl2N4O3Si/c1-28-23(31)20-22(29(24(28)32)15-33-13-14-34(2,3)4)27-21(18-7-5-6-8-19(18)26)30(20)17-11-9-16(25)10-12-17/h5-12H,13-15H2,1-4H3. The summed E-state index contributed by atoms with van der Waals surface area (Å²) in [5.41, 5.74) is 0.856. The van der Waals surface area contributed by atoms with E-state index in [9.17, 15) is 9.59 Å². The van der Waals surface area contributed by atoms with E-state index >= 15 is 0 Å². The summed E-state index contributed by atoms with van der Waals surface area (Å²) in [7, 11) is 0.156.